The molecule has 4 nitrogen and oxygen atoms in total. The molecule has 0 unspecified atom stereocenters. The molecule has 2 amide bonds. The van der Waals surface area contributed by atoms with Gasteiger partial charge < -0.3 is 15.0 Å². The molecule has 0 aliphatic rings. The van der Waals surface area contributed by atoms with Gasteiger partial charge in [0, 0.05) is 12.2 Å². The number of carbonyl (C=O) groups is 1. The maximum atomic E-state index is 12.7. The topological polar surface area (TPSA) is 41.6 Å². The molecule has 4 heteroatoms. The molecule has 0 aromatic heterocycles. The molecule has 1 N–H and O–H groups in total. The molecule has 0 aliphatic heterocycles. The lowest BCUT2D eigenvalue weighted by Gasteiger charge is -2.23. The van der Waals surface area contributed by atoms with Gasteiger partial charge in [-0.15, -0.1) is 0 Å². The molecular weight excluding hydrogens is 336 g/mol. The molecule has 0 saturated carbocycles. The summed E-state index contributed by atoms with van der Waals surface area (Å²) in [6.07, 6.45) is 7.25. The van der Waals surface area contributed by atoms with Crippen LogP contribution in [0.25, 0.3) is 0 Å². The second-order valence-electron chi connectivity index (χ2n) is 6.71. The molecule has 2 aromatic rings. The SMILES string of the molecule is CCCCCCCCN(CCOc1ccccc1)C(=O)Nc1ccccc1. The zero-order valence-electron chi connectivity index (χ0n) is 16.4. The number of rotatable bonds is 12. The lowest BCUT2D eigenvalue weighted by atomic mass is 10.1. The monoisotopic (exact) mass is 368 g/mol. The summed E-state index contributed by atoms with van der Waals surface area (Å²) in [6, 6.07) is 19.3. The van der Waals surface area contributed by atoms with Crippen LogP contribution >= 0.6 is 0 Å². The molecule has 146 valence electrons. The lowest BCUT2D eigenvalue weighted by Crippen LogP contribution is -2.38. The van der Waals surface area contributed by atoms with Gasteiger partial charge in [0.05, 0.1) is 6.54 Å². The van der Waals surface area contributed by atoms with E-state index < -0.39 is 0 Å². The summed E-state index contributed by atoms with van der Waals surface area (Å²) in [4.78, 5) is 14.5. The van der Waals surface area contributed by atoms with Gasteiger partial charge in [-0.3, -0.25) is 0 Å². The van der Waals surface area contributed by atoms with Crippen molar-refractivity contribution >= 4 is 11.7 Å². The van der Waals surface area contributed by atoms with Crippen LogP contribution in [0.2, 0.25) is 0 Å². The number of unbranched alkanes of at least 4 members (excludes halogenated alkanes) is 5. The largest absolute Gasteiger partial charge is 0.492 e. The highest BCUT2D eigenvalue weighted by Gasteiger charge is 2.13. The molecule has 0 saturated heterocycles. The molecule has 0 bridgehead atoms. The van der Waals surface area contributed by atoms with Crippen molar-refractivity contribution in [3.8, 4) is 5.75 Å². The van der Waals surface area contributed by atoms with E-state index in [0.29, 0.717) is 13.2 Å². The lowest BCUT2D eigenvalue weighted by molar-refractivity contribution is 0.193. The van der Waals surface area contributed by atoms with E-state index >= 15 is 0 Å². The maximum absolute atomic E-state index is 12.7. The van der Waals surface area contributed by atoms with Crippen LogP contribution in [0.15, 0.2) is 60.7 Å². The van der Waals surface area contributed by atoms with Crippen molar-refractivity contribution in [1.29, 1.82) is 0 Å². The highest BCUT2D eigenvalue weighted by atomic mass is 16.5. The third kappa shape index (κ3) is 8.63. The van der Waals surface area contributed by atoms with Gasteiger partial charge >= 0.3 is 6.03 Å². The van der Waals surface area contributed by atoms with Crippen LogP contribution in [0, 0.1) is 0 Å². The predicted molar refractivity (Wildman–Crippen MR) is 112 cm³/mol. The number of para-hydroxylation sites is 2. The minimum absolute atomic E-state index is 0.0635. The van der Waals surface area contributed by atoms with Gasteiger partial charge in [-0.2, -0.15) is 0 Å². The molecule has 0 fully saturated rings. The fourth-order valence-corrected chi connectivity index (χ4v) is 2.91. The summed E-state index contributed by atoms with van der Waals surface area (Å²) < 4.78 is 5.77. The van der Waals surface area contributed by atoms with E-state index in [9.17, 15) is 4.79 Å². The Morgan fingerprint density at radius 3 is 2.19 bits per heavy atom. The van der Waals surface area contributed by atoms with E-state index in [4.69, 9.17) is 4.74 Å². The van der Waals surface area contributed by atoms with Gasteiger partial charge in [-0.25, -0.2) is 4.79 Å². The van der Waals surface area contributed by atoms with Crippen LogP contribution in [0.1, 0.15) is 45.4 Å². The molecule has 0 heterocycles. The van der Waals surface area contributed by atoms with Crippen molar-refractivity contribution in [3.63, 3.8) is 0 Å². The summed E-state index contributed by atoms with van der Waals surface area (Å²) in [6.45, 7) is 4.04. The van der Waals surface area contributed by atoms with E-state index in [0.717, 1.165) is 30.8 Å². The summed E-state index contributed by atoms with van der Waals surface area (Å²) in [5.74, 6) is 0.834. The number of nitrogens with zero attached hydrogens (tertiary/aromatic N) is 1. The third-order valence-electron chi connectivity index (χ3n) is 4.47. The molecular formula is C23H32N2O2. The number of benzene rings is 2. The van der Waals surface area contributed by atoms with Crippen molar-refractivity contribution in [1.82, 2.24) is 4.90 Å². The quantitative estimate of drug-likeness (QED) is 0.470. The summed E-state index contributed by atoms with van der Waals surface area (Å²) in [5, 5.41) is 2.98. The van der Waals surface area contributed by atoms with E-state index in [2.05, 4.69) is 12.2 Å². The van der Waals surface area contributed by atoms with Gasteiger partial charge in [0.1, 0.15) is 12.4 Å². The number of amides is 2. The average molecular weight is 369 g/mol. The average Bonchev–Trinajstić information content (AvgIpc) is 2.70. The normalized spacial score (nSPS) is 10.4. The fraction of sp³-hybridized carbons (Fsp3) is 0.435. The highest BCUT2D eigenvalue weighted by Crippen LogP contribution is 2.11. The third-order valence-corrected chi connectivity index (χ3v) is 4.47. The standard InChI is InChI=1S/C23H32N2O2/c1-2-3-4-5-6-13-18-25(19-20-27-22-16-11-8-12-17-22)23(26)24-21-14-9-7-10-15-21/h7-12,14-17H,2-6,13,18-20H2,1H3,(H,24,26). The Labute approximate surface area is 163 Å². The highest BCUT2D eigenvalue weighted by molar-refractivity contribution is 5.89. The van der Waals surface area contributed by atoms with Crippen LogP contribution in [0.3, 0.4) is 0 Å². The number of hydrogen-bond donors (Lipinski definition) is 1. The van der Waals surface area contributed by atoms with Crippen LogP contribution in [0.4, 0.5) is 10.5 Å². The van der Waals surface area contributed by atoms with Crippen LogP contribution in [-0.4, -0.2) is 30.6 Å². The minimum Gasteiger partial charge on any atom is -0.492 e. The molecule has 2 rings (SSSR count). The van der Waals surface area contributed by atoms with E-state index in [1.807, 2.05) is 65.6 Å². The Morgan fingerprint density at radius 1 is 0.852 bits per heavy atom. The first kappa shape index (κ1) is 20.8. The van der Waals surface area contributed by atoms with E-state index in [1.54, 1.807) is 0 Å². The summed E-state index contributed by atoms with van der Waals surface area (Å²) >= 11 is 0. The van der Waals surface area contributed by atoms with Gasteiger partial charge in [0.2, 0.25) is 0 Å². The van der Waals surface area contributed by atoms with Crippen molar-refractivity contribution in [2.45, 2.75) is 45.4 Å². The number of nitrogens with one attached hydrogen (secondary N) is 1. The van der Waals surface area contributed by atoms with Crippen molar-refractivity contribution in [2.24, 2.45) is 0 Å². The van der Waals surface area contributed by atoms with E-state index in [1.165, 1.54) is 25.7 Å². The molecule has 27 heavy (non-hydrogen) atoms. The van der Waals surface area contributed by atoms with Gasteiger partial charge in [0.15, 0.2) is 0 Å². The Morgan fingerprint density at radius 2 is 1.48 bits per heavy atom. The number of carbonyl (C=O) groups excluding carboxylic acids is 1. The second-order valence-corrected chi connectivity index (χ2v) is 6.71. The van der Waals surface area contributed by atoms with Crippen molar-refractivity contribution in [3.05, 3.63) is 60.7 Å². The first-order chi connectivity index (χ1) is 13.3. The van der Waals surface area contributed by atoms with E-state index in [-0.39, 0.29) is 6.03 Å². The number of urea groups is 1. The van der Waals surface area contributed by atoms with Crippen LogP contribution in [-0.2, 0) is 0 Å². The summed E-state index contributed by atoms with van der Waals surface area (Å²) in [5.41, 5.74) is 0.819. The second kappa shape index (κ2) is 12.8. The zero-order chi connectivity index (χ0) is 19.2. The maximum Gasteiger partial charge on any atom is 0.321 e. The van der Waals surface area contributed by atoms with Gasteiger partial charge in [0.25, 0.3) is 0 Å². The van der Waals surface area contributed by atoms with Crippen LogP contribution < -0.4 is 10.1 Å². The van der Waals surface area contributed by atoms with Gasteiger partial charge in [-0.05, 0) is 30.7 Å². The number of hydrogen-bond acceptors (Lipinski definition) is 2. The van der Waals surface area contributed by atoms with Gasteiger partial charge in [-0.1, -0.05) is 75.4 Å². The first-order valence-corrected chi connectivity index (χ1v) is 10.1. The molecule has 0 aliphatic carbocycles. The number of anilines is 1. The molecule has 0 radical (unpaired) electrons. The summed E-state index contributed by atoms with van der Waals surface area (Å²) in [7, 11) is 0. The smallest absolute Gasteiger partial charge is 0.321 e. The molecule has 0 atom stereocenters. The molecule has 2 aromatic carbocycles. The van der Waals surface area contributed by atoms with Crippen LogP contribution in [0.5, 0.6) is 5.75 Å². The van der Waals surface area contributed by atoms with Crippen molar-refractivity contribution < 1.29 is 9.53 Å². The Bertz CT molecular complexity index is 631. The minimum atomic E-state index is -0.0635. The Hall–Kier alpha value is -2.49. The van der Waals surface area contributed by atoms with Crippen molar-refractivity contribution in [2.75, 3.05) is 25.0 Å². The molecule has 0 spiro atoms. The Balaban J connectivity index is 1.81. The fourth-order valence-electron chi connectivity index (χ4n) is 2.91. The number of ether oxygens (including phenoxy) is 1. The predicted octanol–water partition coefficient (Wildman–Crippen LogP) is 5.96. The Kier molecular flexibility index (Phi) is 9.87. The zero-order valence-corrected chi connectivity index (χ0v) is 16.4. The first-order valence-electron chi connectivity index (χ1n) is 10.1.